The highest BCUT2D eigenvalue weighted by Crippen LogP contribution is 2.34. The first-order valence-corrected chi connectivity index (χ1v) is 7.13. The van der Waals surface area contributed by atoms with E-state index in [0.29, 0.717) is 16.5 Å². The molecule has 1 unspecified atom stereocenters. The molecule has 0 aromatic heterocycles. The largest absolute Gasteiger partial charge is 0.489 e. The Morgan fingerprint density at radius 1 is 1.22 bits per heavy atom. The minimum Gasteiger partial charge on any atom is -0.489 e. The van der Waals surface area contributed by atoms with Gasteiger partial charge in [-0.05, 0) is 43.9 Å². The summed E-state index contributed by atoms with van der Waals surface area (Å²) in [5, 5.41) is 1.18. The molecule has 102 valence electrons. The van der Waals surface area contributed by atoms with Crippen LogP contribution in [0.15, 0.2) is 12.1 Å². The lowest BCUT2D eigenvalue weighted by molar-refractivity contribution is 0.191. The summed E-state index contributed by atoms with van der Waals surface area (Å²) >= 11 is 12.3. The summed E-state index contributed by atoms with van der Waals surface area (Å²) in [6, 6.07) is 3.64. The van der Waals surface area contributed by atoms with E-state index in [9.17, 15) is 0 Å². The first kappa shape index (κ1) is 15.6. The van der Waals surface area contributed by atoms with Crippen molar-refractivity contribution < 1.29 is 4.74 Å². The molecule has 0 aliphatic carbocycles. The van der Waals surface area contributed by atoms with Gasteiger partial charge in [0.25, 0.3) is 0 Å². The molecule has 1 aromatic carbocycles. The summed E-state index contributed by atoms with van der Waals surface area (Å²) in [5.74, 6) is 0.729. The van der Waals surface area contributed by atoms with E-state index in [2.05, 4.69) is 13.8 Å². The van der Waals surface area contributed by atoms with Crippen molar-refractivity contribution in [3.05, 3.63) is 27.7 Å². The van der Waals surface area contributed by atoms with E-state index in [0.717, 1.165) is 24.2 Å². The van der Waals surface area contributed by atoms with Gasteiger partial charge in [-0.25, -0.2) is 0 Å². The molecule has 0 heterocycles. The predicted octanol–water partition coefficient (Wildman–Crippen LogP) is 4.45. The average molecular weight is 290 g/mol. The van der Waals surface area contributed by atoms with Gasteiger partial charge in [-0.2, -0.15) is 0 Å². The van der Waals surface area contributed by atoms with Crippen molar-refractivity contribution in [3.63, 3.8) is 0 Å². The van der Waals surface area contributed by atoms with Gasteiger partial charge in [0.1, 0.15) is 5.75 Å². The Morgan fingerprint density at radius 3 is 2.33 bits per heavy atom. The molecule has 0 saturated carbocycles. The van der Waals surface area contributed by atoms with Crippen molar-refractivity contribution >= 4 is 23.2 Å². The zero-order valence-electron chi connectivity index (χ0n) is 11.2. The summed E-state index contributed by atoms with van der Waals surface area (Å²) in [6.07, 6.45) is 2.78. The molecule has 1 rings (SSSR count). The van der Waals surface area contributed by atoms with E-state index in [-0.39, 0.29) is 12.1 Å². The highest BCUT2D eigenvalue weighted by molar-refractivity contribution is 6.35. The monoisotopic (exact) mass is 289 g/mol. The zero-order chi connectivity index (χ0) is 13.7. The average Bonchev–Trinajstić information content (AvgIpc) is 2.27. The van der Waals surface area contributed by atoms with Crippen LogP contribution in [0.1, 0.15) is 39.2 Å². The minimum absolute atomic E-state index is 0.0450. The van der Waals surface area contributed by atoms with E-state index >= 15 is 0 Å². The van der Waals surface area contributed by atoms with Gasteiger partial charge in [-0.15, -0.1) is 0 Å². The van der Waals surface area contributed by atoms with Crippen molar-refractivity contribution in [2.45, 2.75) is 52.2 Å². The third-order valence-electron chi connectivity index (χ3n) is 2.82. The maximum Gasteiger partial charge on any atom is 0.141 e. The molecule has 0 radical (unpaired) electrons. The van der Waals surface area contributed by atoms with Gasteiger partial charge in [-0.1, -0.05) is 37.0 Å². The zero-order valence-corrected chi connectivity index (χ0v) is 12.7. The third-order valence-corrected chi connectivity index (χ3v) is 3.32. The van der Waals surface area contributed by atoms with Crippen LogP contribution in [0.25, 0.3) is 0 Å². The van der Waals surface area contributed by atoms with Gasteiger partial charge in [0.15, 0.2) is 0 Å². The Hall–Kier alpha value is -0.440. The molecule has 2 N–H and O–H groups in total. The number of halogens is 2. The molecule has 0 spiro atoms. The van der Waals surface area contributed by atoms with Crippen LogP contribution in [0.2, 0.25) is 10.0 Å². The highest BCUT2D eigenvalue weighted by atomic mass is 35.5. The van der Waals surface area contributed by atoms with Gasteiger partial charge in [0.05, 0.1) is 11.1 Å². The minimum atomic E-state index is 0.0450. The summed E-state index contributed by atoms with van der Waals surface area (Å²) in [6.45, 7) is 6.15. The number of nitrogens with two attached hydrogens (primary N) is 1. The van der Waals surface area contributed by atoms with Gasteiger partial charge in [-0.3, -0.25) is 0 Å². The van der Waals surface area contributed by atoms with E-state index in [1.54, 1.807) is 6.07 Å². The smallest absolute Gasteiger partial charge is 0.141 e. The molecule has 1 atom stereocenters. The normalized spacial score (nSPS) is 12.8. The maximum absolute atomic E-state index is 6.23. The molecular weight excluding hydrogens is 269 g/mol. The molecule has 0 bridgehead atoms. The second kappa shape index (κ2) is 7.22. The van der Waals surface area contributed by atoms with Crippen LogP contribution in [0, 0.1) is 0 Å². The number of rotatable bonds is 6. The lowest BCUT2D eigenvalue weighted by Crippen LogP contribution is -2.20. The van der Waals surface area contributed by atoms with Crippen LogP contribution in [0.3, 0.4) is 0 Å². The molecule has 1 aromatic rings. The summed E-state index contributed by atoms with van der Waals surface area (Å²) in [7, 11) is 0. The first-order chi connectivity index (χ1) is 8.47. The van der Waals surface area contributed by atoms with Crippen LogP contribution >= 0.6 is 23.2 Å². The fourth-order valence-corrected chi connectivity index (χ4v) is 2.45. The van der Waals surface area contributed by atoms with Crippen molar-refractivity contribution in [2.24, 2.45) is 5.73 Å². The molecule has 0 amide bonds. The molecule has 18 heavy (non-hydrogen) atoms. The second-order valence-corrected chi connectivity index (χ2v) is 5.46. The summed E-state index contributed by atoms with van der Waals surface area (Å²) in [4.78, 5) is 0. The number of hydrogen-bond donors (Lipinski definition) is 1. The predicted molar refractivity (Wildman–Crippen MR) is 78.8 cm³/mol. The van der Waals surface area contributed by atoms with E-state index in [1.807, 2.05) is 13.0 Å². The molecule has 0 saturated heterocycles. The molecule has 4 heteroatoms. The Morgan fingerprint density at radius 2 is 1.83 bits per heavy atom. The molecule has 2 nitrogen and oxygen atoms in total. The standard InChI is InChI=1S/C14H21Cl2NO/c1-4-12(5-2)18-14-10(6-9(3)17)7-11(15)8-13(14)16/h7-9,12H,4-6,17H2,1-3H3. The van der Waals surface area contributed by atoms with Crippen LogP contribution in [-0.4, -0.2) is 12.1 Å². The lowest BCUT2D eigenvalue weighted by atomic mass is 10.1. The Labute approximate surface area is 119 Å². The fourth-order valence-electron chi connectivity index (χ4n) is 1.87. The van der Waals surface area contributed by atoms with Crippen molar-refractivity contribution in [1.29, 1.82) is 0 Å². The van der Waals surface area contributed by atoms with Crippen LogP contribution < -0.4 is 10.5 Å². The van der Waals surface area contributed by atoms with Crippen molar-refractivity contribution in [3.8, 4) is 5.75 Å². The van der Waals surface area contributed by atoms with Gasteiger partial charge in [0.2, 0.25) is 0 Å². The Kier molecular flexibility index (Phi) is 6.27. The topological polar surface area (TPSA) is 35.2 Å². The van der Waals surface area contributed by atoms with E-state index in [4.69, 9.17) is 33.7 Å². The first-order valence-electron chi connectivity index (χ1n) is 6.38. The molecule has 0 fully saturated rings. The second-order valence-electron chi connectivity index (χ2n) is 4.61. The third kappa shape index (κ3) is 4.34. The summed E-state index contributed by atoms with van der Waals surface area (Å²) < 4.78 is 5.98. The van der Waals surface area contributed by atoms with E-state index < -0.39 is 0 Å². The highest BCUT2D eigenvalue weighted by Gasteiger charge is 2.15. The summed E-state index contributed by atoms with van der Waals surface area (Å²) in [5.41, 5.74) is 6.83. The van der Waals surface area contributed by atoms with Crippen LogP contribution in [0.5, 0.6) is 5.75 Å². The number of benzene rings is 1. The van der Waals surface area contributed by atoms with Crippen molar-refractivity contribution in [2.75, 3.05) is 0 Å². The fraction of sp³-hybridized carbons (Fsp3) is 0.571. The quantitative estimate of drug-likeness (QED) is 0.840. The Balaban J connectivity index is 3.06. The van der Waals surface area contributed by atoms with Crippen LogP contribution in [0.4, 0.5) is 0 Å². The number of ether oxygens (including phenoxy) is 1. The SMILES string of the molecule is CCC(CC)Oc1c(Cl)cc(Cl)cc1CC(C)N. The number of hydrogen-bond acceptors (Lipinski definition) is 2. The Bertz CT molecular complexity index is 390. The molecular formula is C14H21Cl2NO. The van der Waals surface area contributed by atoms with E-state index in [1.165, 1.54) is 0 Å². The van der Waals surface area contributed by atoms with Gasteiger partial charge in [0, 0.05) is 11.1 Å². The van der Waals surface area contributed by atoms with Gasteiger partial charge < -0.3 is 10.5 Å². The molecule has 0 aliphatic heterocycles. The van der Waals surface area contributed by atoms with Gasteiger partial charge >= 0.3 is 0 Å². The molecule has 0 aliphatic rings. The van der Waals surface area contributed by atoms with Crippen molar-refractivity contribution in [1.82, 2.24) is 0 Å². The lowest BCUT2D eigenvalue weighted by Gasteiger charge is -2.20. The van der Waals surface area contributed by atoms with Crippen LogP contribution in [-0.2, 0) is 6.42 Å². The maximum atomic E-state index is 6.23.